The van der Waals surface area contributed by atoms with Crippen molar-refractivity contribution < 1.29 is 52.3 Å². The molecule has 11 nitrogen and oxygen atoms in total. The molecule has 3 heterocycles. The van der Waals surface area contributed by atoms with E-state index in [0.29, 0.717) is 19.3 Å². The van der Waals surface area contributed by atoms with Gasteiger partial charge in [0.25, 0.3) is 0 Å². The van der Waals surface area contributed by atoms with Crippen LogP contribution in [0.4, 0.5) is 0 Å². The summed E-state index contributed by atoms with van der Waals surface area (Å²) in [4.78, 5) is 35.7. The Morgan fingerprint density at radius 2 is 1.80 bits per heavy atom. The zero-order valence-corrected chi connectivity index (χ0v) is 24.0. The Kier molecular flexibility index (Phi) is 10.5. The molecule has 0 radical (unpaired) electrons. The van der Waals surface area contributed by atoms with Crippen LogP contribution >= 0.6 is 0 Å². The Balaban J connectivity index is 1.66. The van der Waals surface area contributed by atoms with E-state index >= 15 is 0 Å². The topological polar surface area (TPSA) is 125 Å². The molecule has 0 amide bonds. The maximum absolute atomic E-state index is 12.3. The van der Waals surface area contributed by atoms with Crippen LogP contribution in [0.3, 0.4) is 0 Å². The minimum absolute atomic E-state index is 0.139. The number of hydrogen-bond acceptors (Lipinski definition) is 11. The number of rotatable bonds is 12. The number of benzene rings is 1. The fourth-order valence-electron chi connectivity index (χ4n) is 5.85. The number of carbonyl (C=O) groups is 3. The lowest BCUT2D eigenvalue weighted by molar-refractivity contribution is -0.382. The van der Waals surface area contributed by atoms with Gasteiger partial charge in [-0.1, -0.05) is 36.4 Å². The van der Waals surface area contributed by atoms with Crippen molar-refractivity contribution in [2.75, 3.05) is 13.7 Å². The minimum atomic E-state index is -1.21. The highest BCUT2D eigenvalue weighted by Gasteiger charge is 2.65. The SMILES string of the molecule is C=CC[C@@H]1CC[C@@]2(OC)O[C@@H]3[C@@H](O[C@H](C[C@H](COC(C)=O)OC(C)=O)[C@@H]3OCc3ccccc3)[C@H](OC(C)=O)[C@H]2O1. The van der Waals surface area contributed by atoms with Gasteiger partial charge in [-0.25, -0.2) is 0 Å². The molecule has 11 heteroatoms. The normalized spacial score (nSPS) is 33.1. The van der Waals surface area contributed by atoms with Gasteiger partial charge in [-0.3, -0.25) is 14.4 Å². The van der Waals surface area contributed by atoms with E-state index in [1.54, 1.807) is 6.08 Å². The molecular formula is C30H40O11. The number of hydrogen-bond donors (Lipinski definition) is 0. The van der Waals surface area contributed by atoms with Crippen LogP contribution in [0.25, 0.3) is 0 Å². The minimum Gasteiger partial charge on any atom is -0.462 e. The highest BCUT2D eigenvalue weighted by molar-refractivity contribution is 5.67. The quantitative estimate of drug-likeness (QED) is 0.207. The molecule has 0 N–H and O–H groups in total. The van der Waals surface area contributed by atoms with E-state index in [4.69, 9.17) is 37.9 Å². The Bertz CT molecular complexity index is 1060. The van der Waals surface area contributed by atoms with Crippen LogP contribution in [0.5, 0.6) is 0 Å². The molecule has 1 aromatic carbocycles. The smallest absolute Gasteiger partial charge is 0.303 e. The van der Waals surface area contributed by atoms with Gasteiger partial charge in [0.1, 0.15) is 31.0 Å². The summed E-state index contributed by atoms with van der Waals surface area (Å²) < 4.78 is 48.5. The number of carbonyl (C=O) groups excluding carboxylic acids is 3. The summed E-state index contributed by atoms with van der Waals surface area (Å²) in [5, 5.41) is 0. The molecule has 41 heavy (non-hydrogen) atoms. The molecule has 0 spiro atoms. The predicted octanol–water partition coefficient (Wildman–Crippen LogP) is 3.02. The second-order valence-corrected chi connectivity index (χ2v) is 10.6. The van der Waals surface area contributed by atoms with Crippen molar-refractivity contribution in [3.8, 4) is 0 Å². The fourth-order valence-corrected chi connectivity index (χ4v) is 5.85. The molecule has 0 bridgehead atoms. The first-order valence-electron chi connectivity index (χ1n) is 13.9. The van der Waals surface area contributed by atoms with Gasteiger partial charge in [0.15, 0.2) is 18.0 Å². The summed E-state index contributed by atoms with van der Waals surface area (Å²) in [7, 11) is 1.54. The van der Waals surface area contributed by atoms with Crippen LogP contribution in [0, 0.1) is 0 Å². The van der Waals surface area contributed by atoms with Crippen LogP contribution in [0.2, 0.25) is 0 Å². The monoisotopic (exact) mass is 576 g/mol. The van der Waals surface area contributed by atoms with Crippen molar-refractivity contribution in [3.63, 3.8) is 0 Å². The summed E-state index contributed by atoms with van der Waals surface area (Å²) in [5.41, 5.74) is 0.936. The second kappa shape index (κ2) is 13.9. The molecule has 3 aliphatic heterocycles. The van der Waals surface area contributed by atoms with Crippen LogP contribution in [-0.2, 0) is 58.9 Å². The molecule has 4 rings (SSSR count). The van der Waals surface area contributed by atoms with Gasteiger partial charge >= 0.3 is 17.9 Å². The van der Waals surface area contributed by atoms with Crippen molar-refractivity contribution in [1.29, 1.82) is 0 Å². The lowest BCUT2D eigenvalue weighted by atomic mass is 9.84. The maximum atomic E-state index is 12.3. The molecule has 3 fully saturated rings. The standard InChI is InChI=1S/C30H40O11/c1-6-10-22-13-14-30(34-5)29(39-22)28(38-20(4)33)26-27(41-30)25(36-16-21-11-8-7-9-12-21)24(40-26)15-23(37-19(3)32)17-35-18(2)31/h6-9,11-12,22-29H,1,10,13-17H2,2-5H3/t22-,23-,24-,25+,26-,27+,28+,29-,30-/m1/s1. The van der Waals surface area contributed by atoms with E-state index in [9.17, 15) is 14.4 Å². The van der Waals surface area contributed by atoms with E-state index in [1.165, 1.54) is 27.9 Å². The van der Waals surface area contributed by atoms with Gasteiger partial charge in [-0.2, -0.15) is 0 Å². The lowest BCUT2D eigenvalue weighted by Crippen LogP contribution is -2.69. The average molecular weight is 577 g/mol. The Labute approximate surface area is 240 Å². The zero-order chi connectivity index (χ0) is 29.6. The van der Waals surface area contributed by atoms with E-state index in [2.05, 4.69) is 6.58 Å². The van der Waals surface area contributed by atoms with Crippen molar-refractivity contribution in [3.05, 3.63) is 48.6 Å². The van der Waals surface area contributed by atoms with Crippen molar-refractivity contribution in [1.82, 2.24) is 0 Å². The van der Waals surface area contributed by atoms with Gasteiger partial charge in [0, 0.05) is 40.7 Å². The molecule has 1 aromatic rings. The third kappa shape index (κ3) is 7.52. The summed E-state index contributed by atoms with van der Waals surface area (Å²) in [6.07, 6.45) is -1.75. The average Bonchev–Trinajstić information content (AvgIpc) is 3.27. The molecule has 0 aliphatic carbocycles. The van der Waals surface area contributed by atoms with Gasteiger partial charge in [-0.15, -0.1) is 6.58 Å². The van der Waals surface area contributed by atoms with Crippen LogP contribution in [0.15, 0.2) is 43.0 Å². The highest BCUT2D eigenvalue weighted by atomic mass is 16.8. The van der Waals surface area contributed by atoms with Gasteiger partial charge in [-0.05, 0) is 18.4 Å². The van der Waals surface area contributed by atoms with E-state index in [1.807, 2.05) is 30.3 Å². The molecule has 0 saturated carbocycles. The molecule has 9 atom stereocenters. The first kappa shape index (κ1) is 31.1. The molecule has 226 valence electrons. The fraction of sp³-hybridized carbons (Fsp3) is 0.633. The zero-order valence-electron chi connectivity index (χ0n) is 24.0. The van der Waals surface area contributed by atoms with Crippen molar-refractivity contribution in [2.45, 2.75) is 108 Å². The maximum Gasteiger partial charge on any atom is 0.303 e. The van der Waals surface area contributed by atoms with Crippen molar-refractivity contribution in [2.24, 2.45) is 0 Å². The largest absolute Gasteiger partial charge is 0.462 e. The molecule has 3 aliphatic rings. The number of methoxy groups -OCH3 is 1. The molecular weight excluding hydrogens is 536 g/mol. The molecule has 3 saturated heterocycles. The Hall–Kier alpha value is -2.83. The molecule has 0 unspecified atom stereocenters. The highest BCUT2D eigenvalue weighted by Crippen LogP contribution is 2.48. The van der Waals surface area contributed by atoms with E-state index < -0.39 is 66.4 Å². The lowest BCUT2D eigenvalue weighted by Gasteiger charge is -2.53. The predicted molar refractivity (Wildman–Crippen MR) is 143 cm³/mol. The van der Waals surface area contributed by atoms with Gasteiger partial charge in [0.2, 0.25) is 0 Å². The van der Waals surface area contributed by atoms with Crippen LogP contribution in [-0.4, -0.2) is 86.2 Å². The Morgan fingerprint density at radius 3 is 2.44 bits per heavy atom. The third-order valence-corrected chi connectivity index (χ3v) is 7.55. The summed E-state index contributed by atoms with van der Waals surface area (Å²) in [6, 6.07) is 9.62. The van der Waals surface area contributed by atoms with E-state index in [0.717, 1.165) is 5.56 Å². The third-order valence-electron chi connectivity index (χ3n) is 7.55. The first-order valence-corrected chi connectivity index (χ1v) is 13.9. The van der Waals surface area contributed by atoms with E-state index in [-0.39, 0.29) is 25.7 Å². The van der Waals surface area contributed by atoms with Crippen molar-refractivity contribution >= 4 is 17.9 Å². The van der Waals surface area contributed by atoms with Crippen LogP contribution in [0.1, 0.15) is 52.0 Å². The molecule has 0 aromatic heterocycles. The van der Waals surface area contributed by atoms with Gasteiger partial charge in [0.05, 0.1) is 18.8 Å². The van der Waals surface area contributed by atoms with Gasteiger partial charge < -0.3 is 37.9 Å². The Morgan fingerprint density at radius 1 is 1.05 bits per heavy atom. The summed E-state index contributed by atoms with van der Waals surface area (Å²) >= 11 is 0. The first-order chi connectivity index (χ1) is 19.7. The second-order valence-electron chi connectivity index (χ2n) is 10.6. The number of esters is 3. The number of ether oxygens (including phenoxy) is 8. The van der Waals surface area contributed by atoms with Crippen LogP contribution < -0.4 is 0 Å². The summed E-state index contributed by atoms with van der Waals surface area (Å²) in [5.74, 6) is -2.75. The summed E-state index contributed by atoms with van der Waals surface area (Å²) in [6.45, 7) is 7.80. The number of fused-ring (bicyclic) bond motifs is 2.